The fourth-order valence-corrected chi connectivity index (χ4v) is 4.07. The number of carbonyl (C=O) groups is 2. The Kier molecular flexibility index (Phi) is 7.13. The van der Waals surface area contributed by atoms with E-state index in [2.05, 4.69) is 10.6 Å². The molecule has 9 heteroatoms. The normalized spacial score (nSPS) is 15.2. The lowest BCUT2D eigenvalue weighted by Gasteiger charge is -2.18. The lowest BCUT2D eigenvalue weighted by atomic mass is 10.3. The highest BCUT2D eigenvalue weighted by Gasteiger charge is 2.23. The standard InChI is InChI=1S/C17H26N4O4S/c1-14(22)19-15-5-7-16(8-6-15)26(24,25)20(2)13-17(23)18-9-12-21-10-3-4-11-21/h5-8H,3-4,9-13H2,1-2H3,(H,18,23)(H,19,22)/p+1. The first-order chi connectivity index (χ1) is 12.3. The molecule has 3 N–H and O–H groups in total. The lowest BCUT2D eigenvalue weighted by Crippen LogP contribution is -3.10. The fourth-order valence-electron chi connectivity index (χ4n) is 2.94. The Bertz CT molecular complexity index is 728. The third-order valence-electron chi connectivity index (χ3n) is 4.36. The Hall–Kier alpha value is -1.97. The van der Waals surface area contributed by atoms with Gasteiger partial charge in [-0.2, -0.15) is 4.31 Å². The van der Waals surface area contributed by atoms with Crippen LogP contribution in [0.2, 0.25) is 0 Å². The number of benzene rings is 1. The van der Waals surface area contributed by atoms with Crippen LogP contribution in [0.4, 0.5) is 5.69 Å². The van der Waals surface area contributed by atoms with Crippen molar-refractivity contribution in [3.05, 3.63) is 24.3 Å². The number of sulfonamides is 1. The highest BCUT2D eigenvalue weighted by atomic mass is 32.2. The maximum absolute atomic E-state index is 12.5. The van der Waals surface area contributed by atoms with Gasteiger partial charge in [0.1, 0.15) is 0 Å². The van der Waals surface area contributed by atoms with Gasteiger partial charge in [0.05, 0.1) is 37.6 Å². The molecule has 26 heavy (non-hydrogen) atoms. The first-order valence-electron chi connectivity index (χ1n) is 8.73. The number of quaternary nitrogens is 1. The zero-order chi connectivity index (χ0) is 19.2. The molecule has 1 heterocycles. The van der Waals surface area contributed by atoms with Gasteiger partial charge in [-0.3, -0.25) is 9.59 Å². The van der Waals surface area contributed by atoms with Crippen LogP contribution in [0.3, 0.4) is 0 Å². The van der Waals surface area contributed by atoms with Crippen LogP contribution < -0.4 is 15.5 Å². The Morgan fingerprint density at radius 1 is 1.15 bits per heavy atom. The number of nitrogens with zero attached hydrogens (tertiary/aromatic N) is 1. The van der Waals surface area contributed by atoms with Crippen LogP contribution in [-0.2, 0) is 19.6 Å². The van der Waals surface area contributed by atoms with E-state index >= 15 is 0 Å². The summed E-state index contributed by atoms with van der Waals surface area (Å²) in [5, 5.41) is 5.36. The van der Waals surface area contributed by atoms with Crippen LogP contribution in [0.15, 0.2) is 29.2 Å². The Balaban J connectivity index is 1.86. The Morgan fingerprint density at radius 2 is 1.77 bits per heavy atom. The zero-order valence-electron chi connectivity index (χ0n) is 15.2. The fraction of sp³-hybridized carbons (Fsp3) is 0.529. The van der Waals surface area contributed by atoms with E-state index in [1.165, 1.54) is 56.0 Å². The van der Waals surface area contributed by atoms with Crippen molar-refractivity contribution in [2.24, 2.45) is 0 Å². The van der Waals surface area contributed by atoms with Crippen LogP contribution in [-0.4, -0.2) is 64.3 Å². The number of likely N-dealkylation sites (N-methyl/N-ethyl adjacent to an activating group) is 1. The molecule has 1 aromatic rings. The summed E-state index contributed by atoms with van der Waals surface area (Å²) in [6.07, 6.45) is 2.45. The number of hydrogen-bond donors (Lipinski definition) is 3. The van der Waals surface area contributed by atoms with Crippen LogP contribution in [0.1, 0.15) is 19.8 Å². The number of amides is 2. The minimum Gasteiger partial charge on any atom is -0.349 e. The molecule has 1 saturated heterocycles. The van der Waals surface area contributed by atoms with Crippen LogP contribution in [0, 0.1) is 0 Å². The van der Waals surface area contributed by atoms with Crippen molar-refractivity contribution in [1.82, 2.24) is 9.62 Å². The minimum atomic E-state index is -3.77. The Morgan fingerprint density at radius 3 is 2.35 bits per heavy atom. The monoisotopic (exact) mass is 383 g/mol. The van der Waals surface area contributed by atoms with E-state index in [4.69, 9.17) is 0 Å². The topological polar surface area (TPSA) is 100 Å². The second-order valence-electron chi connectivity index (χ2n) is 6.52. The van der Waals surface area contributed by atoms with E-state index in [0.29, 0.717) is 12.2 Å². The van der Waals surface area contributed by atoms with Gasteiger partial charge in [-0.25, -0.2) is 8.42 Å². The van der Waals surface area contributed by atoms with Crippen molar-refractivity contribution >= 4 is 27.5 Å². The molecule has 0 atom stereocenters. The maximum atomic E-state index is 12.5. The van der Waals surface area contributed by atoms with Crippen molar-refractivity contribution < 1.29 is 22.9 Å². The molecular weight excluding hydrogens is 356 g/mol. The SMILES string of the molecule is CC(=O)Nc1ccc(S(=O)(=O)N(C)CC(=O)NCC[NH+]2CCCC2)cc1. The molecule has 1 aliphatic heterocycles. The summed E-state index contributed by atoms with van der Waals surface area (Å²) in [6, 6.07) is 5.85. The first-order valence-corrected chi connectivity index (χ1v) is 10.2. The van der Waals surface area contributed by atoms with E-state index < -0.39 is 10.0 Å². The van der Waals surface area contributed by atoms with Gasteiger partial charge in [0.2, 0.25) is 21.8 Å². The summed E-state index contributed by atoms with van der Waals surface area (Å²) >= 11 is 0. The Labute approximate surface area is 154 Å². The molecule has 0 bridgehead atoms. The van der Waals surface area contributed by atoms with Gasteiger partial charge < -0.3 is 15.5 Å². The largest absolute Gasteiger partial charge is 0.349 e. The molecule has 0 aromatic heterocycles. The number of anilines is 1. The highest BCUT2D eigenvalue weighted by Crippen LogP contribution is 2.17. The molecule has 1 fully saturated rings. The third-order valence-corrected chi connectivity index (χ3v) is 6.18. The number of hydrogen-bond acceptors (Lipinski definition) is 4. The average molecular weight is 383 g/mol. The third kappa shape index (κ3) is 5.79. The van der Waals surface area contributed by atoms with Crippen molar-refractivity contribution in [1.29, 1.82) is 0 Å². The molecule has 2 rings (SSSR count). The van der Waals surface area contributed by atoms with Crippen molar-refractivity contribution in [3.8, 4) is 0 Å². The van der Waals surface area contributed by atoms with E-state index in [9.17, 15) is 18.0 Å². The number of carbonyl (C=O) groups excluding carboxylic acids is 2. The molecule has 0 radical (unpaired) electrons. The molecule has 144 valence electrons. The zero-order valence-corrected chi connectivity index (χ0v) is 16.1. The quantitative estimate of drug-likeness (QED) is 0.539. The second-order valence-corrected chi connectivity index (χ2v) is 8.57. The van der Waals surface area contributed by atoms with Crippen molar-refractivity contribution in [3.63, 3.8) is 0 Å². The number of likely N-dealkylation sites (tertiary alicyclic amines) is 1. The van der Waals surface area contributed by atoms with Crippen LogP contribution in [0.5, 0.6) is 0 Å². The van der Waals surface area contributed by atoms with Gasteiger partial charge >= 0.3 is 0 Å². The summed E-state index contributed by atoms with van der Waals surface area (Å²) in [6.45, 7) is 4.84. The molecule has 1 aliphatic rings. The molecule has 0 saturated carbocycles. The van der Waals surface area contributed by atoms with E-state index in [0.717, 1.165) is 23.9 Å². The average Bonchev–Trinajstić information content (AvgIpc) is 3.08. The van der Waals surface area contributed by atoms with Gasteiger partial charge in [0.25, 0.3) is 0 Å². The maximum Gasteiger partial charge on any atom is 0.243 e. The molecule has 8 nitrogen and oxygen atoms in total. The van der Waals surface area contributed by atoms with Crippen LogP contribution >= 0.6 is 0 Å². The summed E-state index contributed by atoms with van der Waals surface area (Å²) in [5.74, 6) is -0.547. The highest BCUT2D eigenvalue weighted by molar-refractivity contribution is 7.89. The van der Waals surface area contributed by atoms with Crippen LogP contribution in [0.25, 0.3) is 0 Å². The molecule has 0 spiro atoms. The van der Waals surface area contributed by atoms with Gasteiger partial charge in [-0.1, -0.05) is 0 Å². The van der Waals surface area contributed by atoms with E-state index in [1.807, 2.05) is 0 Å². The predicted molar refractivity (Wildman–Crippen MR) is 98.4 cm³/mol. The summed E-state index contributed by atoms with van der Waals surface area (Å²) < 4.78 is 26.1. The summed E-state index contributed by atoms with van der Waals surface area (Å²) in [5.41, 5.74) is 0.515. The molecule has 0 unspecified atom stereocenters. The minimum absolute atomic E-state index is 0.0726. The molecular formula is C17H27N4O4S+. The lowest BCUT2D eigenvalue weighted by molar-refractivity contribution is -0.886. The first kappa shape index (κ1) is 20.3. The molecule has 0 aliphatic carbocycles. The van der Waals surface area contributed by atoms with E-state index in [1.54, 1.807) is 0 Å². The molecule has 2 amide bonds. The van der Waals surface area contributed by atoms with Crippen molar-refractivity contribution in [2.75, 3.05) is 45.1 Å². The molecule has 1 aromatic carbocycles. The smallest absolute Gasteiger partial charge is 0.243 e. The van der Waals surface area contributed by atoms with Gasteiger partial charge in [0, 0.05) is 32.5 Å². The second kappa shape index (κ2) is 9.11. The summed E-state index contributed by atoms with van der Waals surface area (Å²) in [4.78, 5) is 24.6. The number of rotatable bonds is 8. The van der Waals surface area contributed by atoms with Gasteiger partial charge in [-0.05, 0) is 24.3 Å². The van der Waals surface area contributed by atoms with Gasteiger partial charge in [-0.15, -0.1) is 0 Å². The van der Waals surface area contributed by atoms with Gasteiger partial charge in [0.15, 0.2) is 0 Å². The van der Waals surface area contributed by atoms with Crippen molar-refractivity contribution in [2.45, 2.75) is 24.7 Å². The number of nitrogens with one attached hydrogen (secondary N) is 3. The predicted octanol–water partition coefficient (Wildman–Crippen LogP) is -0.940. The summed E-state index contributed by atoms with van der Waals surface area (Å²) in [7, 11) is -2.39. The van der Waals surface area contributed by atoms with E-state index in [-0.39, 0.29) is 23.3 Å².